The summed E-state index contributed by atoms with van der Waals surface area (Å²) in [6.07, 6.45) is 10.6. The maximum Gasteiger partial charge on any atom is -0.0297 e. The third kappa shape index (κ3) is 9.00. The van der Waals surface area contributed by atoms with Gasteiger partial charge in [-0.25, -0.2) is 0 Å². The smallest absolute Gasteiger partial charge is 0.0297 e. The minimum Gasteiger partial charge on any atom is -0.0999 e. The zero-order valence-electron chi connectivity index (χ0n) is 12.0. The first kappa shape index (κ1) is 15.7. The van der Waals surface area contributed by atoms with E-state index in [0.29, 0.717) is 0 Å². The first-order valence-electron chi connectivity index (χ1n) is 7.26. The molecule has 2 unspecified atom stereocenters. The van der Waals surface area contributed by atoms with Gasteiger partial charge in [-0.05, 0) is 31.1 Å². The van der Waals surface area contributed by atoms with E-state index in [2.05, 4.69) is 34.3 Å². The van der Waals surface area contributed by atoms with Gasteiger partial charge in [0.25, 0.3) is 0 Å². The van der Waals surface area contributed by atoms with Crippen LogP contribution in [0.15, 0.2) is 12.2 Å². The molecule has 0 heterocycles. The standard InChI is InChI=1S/C16H32/c1-6-8-9-10-15(4)13-16(5)12-11-14(3)7-2/h14-15H,5-13H2,1-4H3. The van der Waals surface area contributed by atoms with E-state index in [1.165, 1.54) is 56.9 Å². The van der Waals surface area contributed by atoms with Crippen molar-refractivity contribution in [1.29, 1.82) is 0 Å². The van der Waals surface area contributed by atoms with Crippen LogP contribution in [-0.4, -0.2) is 0 Å². The second-order valence-electron chi connectivity index (χ2n) is 5.61. The zero-order valence-corrected chi connectivity index (χ0v) is 12.0. The molecule has 0 aromatic rings. The summed E-state index contributed by atoms with van der Waals surface area (Å²) < 4.78 is 0. The third-order valence-corrected chi connectivity index (χ3v) is 3.63. The molecule has 0 aliphatic heterocycles. The van der Waals surface area contributed by atoms with Gasteiger partial charge in [0.2, 0.25) is 0 Å². The van der Waals surface area contributed by atoms with E-state index in [4.69, 9.17) is 0 Å². The molecule has 0 radical (unpaired) electrons. The molecule has 0 heteroatoms. The fourth-order valence-corrected chi connectivity index (χ4v) is 2.09. The Kier molecular flexibility index (Phi) is 9.77. The Bertz CT molecular complexity index is 169. The number of hydrogen-bond acceptors (Lipinski definition) is 0. The van der Waals surface area contributed by atoms with Gasteiger partial charge in [0.15, 0.2) is 0 Å². The first-order chi connectivity index (χ1) is 7.60. The molecule has 0 rings (SSSR count). The summed E-state index contributed by atoms with van der Waals surface area (Å²) in [5.41, 5.74) is 1.48. The minimum atomic E-state index is 0.844. The van der Waals surface area contributed by atoms with Crippen molar-refractivity contribution >= 4 is 0 Å². The van der Waals surface area contributed by atoms with Crippen molar-refractivity contribution in [1.82, 2.24) is 0 Å². The molecule has 0 aromatic heterocycles. The molecule has 0 aliphatic rings. The topological polar surface area (TPSA) is 0 Å². The first-order valence-corrected chi connectivity index (χ1v) is 7.26. The van der Waals surface area contributed by atoms with Gasteiger partial charge in [-0.2, -0.15) is 0 Å². The summed E-state index contributed by atoms with van der Waals surface area (Å²) in [6, 6.07) is 0. The largest absolute Gasteiger partial charge is 0.0999 e. The van der Waals surface area contributed by atoms with Crippen molar-refractivity contribution in [2.75, 3.05) is 0 Å². The molecule has 16 heavy (non-hydrogen) atoms. The van der Waals surface area contributed by atoms with E-state index in [9.17, 15) is 0 Å². The van der Waals surface area contributed by atoms with Gasteiger partial charge in [0.05, 0.1) is 0 Å². The van der Waals surface area contributed by atoms with Crippen molar-refractivity contribution in [2.24, 2.45) is 11.8 Å². The van der Waals surface area contributed by atoms with Crippen LogP contribution in [-0.2, 0) is 0 Å². The molecular weight excluding hydrogens is 192 g/mol. The molecule has 0 aliphatic carbocycles. The Balaban J connectivity index is 3.54. The van der Waals surface area contributed by atoms with E-state index in [1.807, 2.05) is 0 Å². The lowest BCUT2D eigenvalue weighted by Crippen LogP contribution is -1.99. The number of rotatable bonds is 10. The number of hydrogen-bond donors (Lipinski definition) is 0. The molecule has 0 N–H and O–H groups in total. The van der Waals surface area contributed by atoms with Gasteiger partial charge in [-0.15, -0.1) is 0 Å². The van der Waals surface area contributed by atoms with Crippen molar-refractivity contribution in [3.63, 3.8) is 0 Å². The predicted octanol–water partition coefficient (Wildman–Crippen LogP) is 5.98. The summed E-state index contributed by atoms with van der Waals surface area (Å²) >= 11 is 0. The van der Waals surface area contributed by atoms with E-state index in [0.717, 1.165) is 11.8 Å². The Morgan fingerprint density at radius 2 is 1.69 bits per heavy atom. The van der Waals surface area contributed by atoms with Crippen molar-refractivity contribution < 1.29 is 0 Å². The summed E-state index contributed by atoms with van der Waals surface area (Å²) in [6.45, 7) is 13.5. The van der Waals surface area contributed by atoms with Gasteiger partial charge >= 0.3 is 0 Å². The van der Waals surface area contributed by atoms with E-state index in [1.54, 1.807) is 0 Å². The fraction of sp³-hybridized carbons (Fsp3) is 0.875. The molecule has 0 spiro atoms. The molecular formula is C16H32. The lowest BCUT2D eigenvalue weighted by molar-refractivity contribution is 0.467. The van der Waals surface area contributed by atoms with Crippen LogP contribution in [0.2, 0.25) is 0 Å². The van der Waals surface area contributed by atoms with Crippen LogP contribution >= 0.6 is 0 Å². The summed E-state index contributed by atoms with van der Waals surface area (Å²) in [5.74, 6) is 1.71. The molecule has 96 valence electrons. The molecule has 0 nitrogen and oxygen atoms in total. The maximum absolute atomic E-state index is 4.23. The maximum atomic E-state index is 4.23. The number of unbranched alkanes of at least 4 members (excludes halogenated alkanes) is 2. The quantitative estimate of drug-likeness (QED) is 0.316. The highest BCUT2D eigenvalue weighted by Gasteiger charge is 2.06. The SMILES string of the molecule is C=C(CCC(C)CC)CC(C)CCCCC. The lowest BCUT2D eigenvalue weighted by atomic mass is 9.92. The van der Waals surface area contributed by atoms with Gasteiger partial charge in [-0.3, -0.25) is 0 Å². The molecule has 0 bridgehead atoms. The minimum absolute atomic E-state index is 0.844. The highest BCUT2D eigenvalue weighted by Crippen LogP contribution is 2.22. The Morgan fingerprint density at radius 1 is 1.00 bits per heavy atom. The monoisotopic (exact) mass is 224 g/mol. The Morgan fingerprint density at radius 3 is 2.25 bits per heavy atom. The Labute approximate surface area is 104 Å². The van der Waals surface area contributed by atoms with Crippen LogP contribution in [0.4, 0.5) is 0 Å². The second-order valence-corrected chi connectivity index (χ2v) is 5.61. The molecule has 0 aromatic carbocycles. The van der Waals surface area contributed by atoms with Crippen molar-refractivity contribution in [3.05, 3.63) is 12.2 Å². The van der Waals surface area contributed by atoms with Crippen molar-refractivity contribution in [3.8, 4) is 0 Å². The van der Waals surface area contributed by atoms with E-state index in [-0.39, 0.29) is 0 Å². The highest BCUT2D eigenvalue weighted by atomic mass is 14.1. The van der Waals surface area contributed by atoms with Crippen LogP contribution in [0.3, 0.4) is 0 Å². The van der Waals surface area contributed by atoms with Crippen molar-refractivity contribution in [2.45, 2.75) is 79.1 Å². The highest BCUT2D eigenvalue weighted by molar-refractivity contribution is 4.95. The van der Waals surface area contributed by atoms with Crippen LogP contribution in [0, 0.1) is 11.8 Å². The van der Waals surface area contributed by atoms with E-state index >= 15 is 0 Å². The van der Waals surface area contributed by atoms with Gasteiger partial charge in [0, 0.05) is 0 Å². The summed E-state index contributed by atoms with van der Waals surface area (Å²) in [5, 5.41) is 0. The number of allylic oxidation sites excluding steroid dienone is 1. The molecule has 0 saturated carbocycles. The average molecular weight is 224 g/mol. The molecule has 0 amide bonds. The van der Waals surface area contributed by atoms with Gasteiger partial charge in [0.1, 0.15) is 0 Å². The molecule has 0 saturated heterocycles. The van der Waals surface area contributed by atoms with E-state index < -0.39 is 0 Å². The molecule has 2 atom stereocenters. The zero-order chi connectivity index (χ0) is 12.4. The predicted molar refractivity (Wildman–Crippen MR) is 75.8 cm³/mol. The Hall–Kier alpha value is -0.260. The van der Waals surface area contributed by atoms with Crippen LogP contribution in [0.1, 0.15) is 79.1 Å². The fourth-order valence-electron chi connectivity index (χ4n) is 2.09. The lowest BCUT2D eigenvalue weighted by Gasteiger charge is -2.14. The summed E-state index contributed by atoms with van der Waals surface area (Å²) in [7, 11) is 0. The van der Waals surface area contributed by atoms with Gasteiger partial charge in [-0.1, -0.05) is 72.0 Å². The van der Waals surface area contributed by atoms with Crippen LogP contribution < -0.4 is 0 Å². The second kappa shape index (κ2) is 9.93. The van der Waals surface area contributed by atoms with Crippen LogP contribution in [0.25, 0.3) is 0 Å². The van der Waals surface area contributed by atoms with Gasteiger partial charge < -0.3 is 0 Å². The third-order valence-electron chi connectivity index (χ3n) is 3.63. The summed E-state index contributed by atoms with van der Waals surface area (Å²) in [4.78, 5) is 0. The molecule has 0 fully saturated rings. The average Bonchev–Trinajstić information content (AvgIpc) is 2.26. The van der Waals surface area contributed by atoms with Crippen LogP contribution in [0.5, 0.6) is 0 Å². The normalized spacial score (nSPS) is 14.8.